The second-order valence-corrected chi connectivity index (χ2v) is 6.10. The first-order chi connectivity index (χ1) is 6.13. The molecule has 13 heavy (non-hydrogen) atoms. The molecule has 78 valence electrons. The molecule has 0 radical (unpaired) electrons. The fourth-order valence-corrected chi connectivity index (χ4v) is 3.12. The Morgan fingerprint density at radius 2 is 1.92 bits per heavy atom. The Morgan fingerprint density at radius 3 is 2.46 bits per heavy atom. The third-order valence-corrected chi connectivity index (χ3v) is 4.04. The van der Waals surface area contributed by atoms with Crippen LogP contribution in [0, 0.1) is 5.92 Å². The molecule has 0 aliphatic rings. The van der Waals surface area contributed by atoms with Crippen molar-refractivity contribution in [2.75, 3.05) is 11.5 Å². The van der Waals surface area contributed by atoms with Gasteiger partial charge in [-0.2, -0.15) is 0 Å². The minimum atomic E-state index is -0.187. The topological polar surface area (TPSA) is 43.1 Å². The highest BCUT2D eigenvalue weighted by molar-refractivity contribution is 8.76. The van der Waals surface area contributed by atoms with E-state index in [9.17, 15) is 4.79 Å². The summed E-state index contributed by atoms with van der Waals surface area (Å²) in [7, 11) is 3.74. The van der Waals surface area contributed by atoms with Crippen molar-refractivity contribution in [1.29, 1.82) is 0 Å². The minimum Gasteiger partial charge on any atom is -0.370 e. The molecule has 0 aliphatic carbocycles. The first kappa shape index (κ1) is 13.2. The van der Waals surface area contributed by atoms with Crippen molar-refractivity contribution in [3.63, 3.8) is 0 Å². The Hall–Kier alpha value is 0.170. The molecule has 0 saturated heterocycles. The van der Waals surface area contributed by atoms with Crippen LogP contribution in [0.5, 0.6) is 0 Å². The van der Waals surface area contributed by atoms with Gasteiger partial charge in [-0.3, -0.25) is 4.79 Å². The molecule has 0 heterocycles. The highest BCUT2D eigenvalue weighted by Crippen LogP contribution is 2.24. The molecule has 0 saturated carbocycles. The zero-order chi connectivity index (χ0) is 10.1. The molecule has 0 spiro atoms. The summed E-state index contributed by atoms with van der Waals surface area (Å²) in [5.41, 5.74) is 5.02. The van der Waals surface area contributed by atoms with Crippen molar-refractivity contribution in [2.45, 2.75) is 33.1 Å². The van der Waals surface area contributed by atoms with Gasteiger partial charge in [0.25, 0.3) is 0 Å². The number of hydrogen-bond donors (Lipinski definition) is 1. The minimum absolute atomic E-state index is 0.187. The van der Waals surface area contributed by atoms with Crippen molar-refractivity contribution in [2.24, 2.45) is 11.7 Å². The largest absolute Gasteiger partial charge is 0.370 e. The number of amides is 1. The third-order valence-electron chi connectivity index (χ3n) is 1.51. The van der Waals surface area contributed by atoms with Crippen molar-refractivity contribution in [3.05, 3.63) is 0 Å². The lowest BCUT2D eigenvalue weighted by Crippen LogP contribution is -2.09. The highest BCUT2D eigenvalue weighted by atomic mass is 33.1. The second-order valence-electron chi connectivity index (χ2n) is 3.40. The zero-order valence-corrected chi connectivity index (χ0v) is 10.0. The maximum Gasteiger partial charge on any atom is 0.217 e. The monoisotopic (exact) mass is 221 g/mol. The molecule has 0 aromatic rings. The first-order valence-electron chi connectivity index (χ1n) is 4.65. The van der Waals surface area contributed by atoms with E-state index in [4.69, 9.17) is 5.73 Å². The van der Waals surface area contributed by atoms with Crippen molar-refractivity contribution >= 4 is 27.5 Å². The number of primary amides is 1. The van der Waals surface area contributed by atoms with Crippen LogP contribution in [0.15, 0.2) is 0 Å². The molecule has 0 fully saturated rings. The zero-order valence-electron chi connectivity index (χ0n) is 8.41. The van der Waals surface area contributed by atoms with E-state index in [1.807, 2.05) is 21.6 Å². The van der Waals surface area contributed by atoms with Crippen LogP contribution in [0.4, 0.5) is 0 Å². The van der Waals surface area contributed by atoms with E-state index >= 15 is 0 Å². The molecule has 2 N–H and O–H groups in total. The average Bonchev–Trinajstić information content (AvgIpc) is 2.01. The van der Waals surface area contributed by atoms with E-state index in [0.29, 0.717) is 6.42 Å². The number of carbonyl (C=O) groups is 1. The Bertz CT molecular complexity index is 140. The first-order valence-corrected chi connectivity index (χ1v) is 7.14. The van der Waals surface area contributed by atoms with Gasteiger partial charge in [0.15, 0.2) is 0 Å². The predicted octanol–water partition coefficient (Wildman–Crippen LogP) is 2.68. The average molecular weight is 221 g/mol. The van der Waals surface area contributed by atoms with Gasteiger partial charge in [-0.15, -0.1) is 0 Å². The third kappa shape index (κ3) is 12.2. The van der Waals surface area contributed by atoms with Crippen LogP contribution >= 0.6 is 21.6 Å². The van der Waals surface area contributed by atoms with Crippen LogP contribution < -0.4 is 5.73 Å². The summed E-state index contributed by atoms with van der Waals surface area (Å²) in [5, 5.41) is 0. The maximum atomic E-state index is 10.4. The lowest BCUT2D eigenvalue weighted by atomic mass is 10.2. The lowest BCUT2D eigenvalue weighted by molar-refractivity contribution is -0.118. The van der Waals surface area contributed by atoms with E-state index in [-0.39, 0.29) is 5.91 Å². The van der Waals surface area contributed by atoms with Crippen LogP contribution in [-0.4, -0.2) is 17.4 Å². The van der Waals surface area contributed by atoms with Crippen molar-refractivity contribution in [3.8, 4) is 0 Å². The van der Waals surface area contributed by atoms with Crippen LogP contribution in [-0.2, 0) is 4.79 Å². The van der Waals surface area contributed by atoms with E-state index in [1.54, 1.807) is 0 Å². The Balaban J connectivity index is 2.96. The van der Waals surface area contributed by atoms with Gasteiger partial charge >= 0.3 is 0 Å². The van der Waals surface area contributed by atoms with Gasteiger partial charge in [-0.05, 0) is 18.8 Å². The van der Waals surface area contributed by atoms with Gasteiger partial charge in [0.2, 0.25) is 5.91 Å². The summed E-state index contributed by atoms with van der Waals surface area (Å²) < 4.78 is 0. The van der Waals surface area contributed by atoms with Crippen LogP contribution in [0.3, 0.4) is 0 Å². The SMILES string of the molecule is CC(C)CCSSCCCC(N)=O. The second kappa shape index (κ2) is 8.75. The molecule has 1 amide bonds. The van der Waals surface area contributed by atoms with Gasteiger partial charge < -0.3 is 5.73 Å². The maximum absolute atomic E-state index is 10.4. The Labute approximate surface area is 88.8 Å². The molecular weight excluding hydrogens is 202 g/mol. The molecule has 0 atom stereocenters. The molecule has 0 unspecified atom stereocenters. The normalized spacial score (nSPS) is 10.7. The van der Waals surface area contributed by atoms with Gasteiger partial charge in [-0.1, -0.05) is 35.4 Å². The molecule has 0 aromatic carbocycles. The molecule has 2 nitrogen and oxygen atoms in total. The lowest BCUT2D eigenvalue weighted by Gasteiger charge is -2.02. The van der Waals surface area contributed by atoms with E-state index in [2.05, 4.69) is 13.8 Å². The summed E-state index contributed by atoms with van der Waals surface area (Å²) in [6, 6.07) is 0. The number of nitrogens with two attached hydrogens (primary N) is 1. The Morgan fingerprint density at radius 1 is 1.31 bits per heavy atom. The number of hydrogen-bond acceptors (Lipinski definition) is 3. The van der Waals surface area contributed by atoms with Crippen LogP contribution in [0.25, 0.3) is 0 Å². The fourth-order valence-electron chi connectivity index (χ4n) is 0.707. The van der Waals surface area contributed by atoms with Gasteiger partial charge in [-0.25, -0.2) is 0 Å². The van der Waals surface area contributed by atoms with Crippen LogP contribution in [0.2, 0.25) is 0 Å². The van der Waals surface area contributed by atoms with Gasteiger partial charge in [0.1, 0.15) is 0 Å². The smallest absolute Gasteiger partial charge is 0.217 e. The number of rotatable bonds is 8. The molecule has 0 aromatic heterocycles. The molecular formula is C9H19NOS2. The van der Waals surface area contributed by atoms with Crippen molar-refractivity contribution in [1.82, 2.24) is 0 Å². The summed E-state index contributed by atoms with van der Waals surface area (Å²) >= 11 is 0. The Kier molecular flexibility index (Phi) is 8.87. The van der Waals surface area contributed by atoms with Gasteiger partial charge in [0.05, 0.1) is 0 Å². The summed E-state index contributed by atoms with van der Waals surface area (Å²) in [6.07, 6.45) is 2.71. The molecule has 0 bridgehead atoms. The molecule has 0 rings (SSSR count). The standard InChI is InChI=1S/C9H19NOS2/c1-8(2)5-7-13-12-6-3-4-9(10)11/h8H,3-7H2,1-2H3,(H2,10,11). The van der Waals surface area contributed by atoms with Crippen molar-refractivity contribution < 1.29 is 4.79 Å². The quantitative estimate of drug-likeness (QED) is 0.506. The molecule has 0 aliphatic heterocycles. The van der Waals surface area contributed by atoms with Crippen LogP contribution in [0.1, 0.15) is 33.1 Å². The van der Waals surface area contributed by atoms with E-state index in [0.717, 1.165) is 18.1 Å². The number of carbonyl (C=O) groups excluding carboxylic acids is 1. The van der Waals surface area contributed by atoms with Gasteiger partial charge in [0, 0.05) is 17.9 Å². The fraction of sp³-hybridized carbons (Fsp3) is 0.889. The summed E-state index contributed by atoms with van der Waals surface area (Å²) in [4.78, 5) is 10.4. The highest BCUT2D eigenvalue weighted by Gasteiger charge is 1.96. The molecule has 4 heteroatoms. The van der Waals surface area contributed by atoms with E-state index < -0.39 is 0 Å². The van der Waals surface area contributed by atoms with E-state index in [1.165, 1.54) is 12.2 Å². The predicted molar refractivity (Wildman–Crippen MR) is 62.8 cm³/mol. The summed E-state index contributed by atoms with van der Waals surface area (Å²) in [5.74, 6) is 2.84. The summed E-state index contributed by atoms with van der Waals surface area (Å²) in [6.45, 7) is 4.47.